The van der Waals surface area contributed by atoms with Gasteiger partial charge in [0.1, 0.15) is 25.1 Å². The minimum atomic E-state index is -4.10. The standard InChI is InChI=1S/C20H24FNO5S/c1-15(2)19(20(23)24)22(14-16-6-4-3-5-7-16)28(25,26)18-10-8-17(9-11-18)27-13-12-21/h3-11,15,19H,12-14H2,1-2H3,(H,23,24)/t19-/m1/s1. The SMILES string of the molecule is CC(C)[C@H](C(=O)O)N(Cc1ccccc1)S(=O)(=O)c1ccc(OCCF)cc1. The van der Waals surface area contributed by atoms with E-state index in [9.17, 15) is 22.7 Å². The third kappa shape index (κ3) is 5.30. The molecule has 0 aliphatic rings. The zero-order chi connectivity index (χ0) is 20.7. The minimum Gasteiger partial charge on any atom is -0.491 e. The summed E-state index contributed by atoms with van der Waals surface area (Å²) < 4.78 is 44.9. The van der Waals surface area contributed by atoms with Gasteiger partial charge in [-0.2, -0.15) is 4.31 Å². The van der Waals surface area contributed by atoms with Crippen molar-refractivity contribution in [3.8, 4) is 5.75 Å². The fourth-order valence-corrected chi connectivity index (χ4v) is 4.54. The molecule has 152 valence electrons. The zero-order valence-electron chi connectivity index (χ0n) is 15.8. The maximum atomic E-state index is 13.3. The number of halogens is 1. The summed E-state index contributed by atoms with van der Waals surface area (Å²) in [6, 6.07) is 13.1. The van der Waals surface area contributed by atoms with Gasteiger partial charge >= 0.3 is 5.97 Å². The van der Waals surface area contributed by atoms with E-state index < -0.39 is 34.6 Å². The van der Waals surface area contributed by atoms with Crippen LogP contribution in [0.2, 0.25) is 0 Å². The van der Waals surface area contributed by atoms with Crippen LogP contribution in [0.25, 0.3) is 0 Å². The van der Waals surface area contributed by atoms with Gasteiger partial charge in [0.15, 0.2) is 0 Å². The Morgan fingerprint density at radius 3 is 2.21 bits per heavy atom. The molecule has 0 spiro atoms. The third-order valence-electron chi connectivity index (χ3n) is 4.15. The normalized spacial score (nSPS) is 12.9. The summed E-state index contributed by atoms with van der Waals surface area (Å²) in [6.07, 6.45) is 0. The van der Waals surface area contributed by atoms with Crippen molar-refractivity contribution < 1.29 is 27.4 Å². The van der Waals surface area contributed by atoms with Gasteiger partial charge in [-0.3, -0.25) is 4.79 Å². The molecular weight excluding hydrogens is 385 g/mol. The number of sulfonamides is 1. The quantitative estimate of drug-likeness (QED) is 0.651. The molecule has 0 saturated carbocycles. The summed E-state index contributed by atoms with van der Waals surface area (Å²) in [6.45, 7) is 2.49. The first kappa shape index (κ1) is 21.8. The van der Waals surface area contributed by atoms with Gasteiger partial charge in [-0.1, -0.05) is 44.2 Å². The Morgan fingerprint density at radius 2 is 1.71 bits per heavy atom. The van der Waals surface area contributed by atoms with Gasteiger partial charge in [0.2, 0.25) is 10.0 Å². The lowest BCUT2D eigenvalue weighted by molar-refractivity contribution is -0.143. The Hall–Kier alpha value is -2.45. The van der Waals surface area contributed by atoms with Gasteiger partial charge < -0.3 is 9.84 Å². The molecule has 28 heavy (non-hydrogen) atoms. The van der Waals surface area contributed by atoms with E-state index >= 15 is 0 Å². The second-order valence-corrected chi connectivity index (χ2v) is 8.46. The molecule has 0 radical (unpaired) electrons. The number of hydrogen-bond acceptors (Lipinski definition) is 4. The molecule has 0 aromatic heterocycles. The number of carboxylic acids is 1. The van der Waals surface area contributed by atoms with Crippen LogP contribution >= 0.6 is 0 Å². The highest BCUT2D eigenvalue weighted by Crippen LogP contribution is 2.26. The molecular formula is C20H24FNO5S. The van der Waals surface area contributed by atoms with E-state index in [1.165, 1.54) is 24.3 Å². The fourth-order valence-electron chi connectivity index (χ4n) is 2.84. The van der Waals surface area contributed by atoms with Gasteiger partial charge in [-0.25, -0.2) is 12.8 Å². The monoisotopic (exact) mass is 409 g/mol. The fraction of sp³-hybridized carbons (Fsp3) is 0.350. The average Bonchev–Trinajstić information content (AvgIpc) is 2.66. The van der Waals surface area contributed by atoms with Crippen molar-refractivity contribution in [2.45, 2.75) is 31.3 Å². The number of aliphatic carboxylic acids is 1. The molecule has 0 unspecified atom stereocenters. The highest BCUT2D eigenvalue weighted by Gasteiger charge is 2.38. The van der Waals surface area contributed by atoms with Crippen molar-refractivity contribution in [1.29, 1.82) is 0 Å². The number of alkyl halides is 1. The van der Waals surface area contributed by atoms with Crippen LogP contribution in [-0.2, 0) is 21.4 Å². The molecule has 0 aliphatic carbocycles. The second-order valence-electron chi connectivity index (χ2n) is 6.57. The molecule has 6 nitrogen and oxygen atoms in total. The molecule has 2 aromatic carbocycles. The number of carboxylic acid groups (broad SMARTS) is 1. The maximum Gasteiger partial charge on any atom is 0.322 e. The number of nitrogens with zero attached hydrogens (tertiary/aromatic N) is 1. The Bertz CT molecular complexity index is 869. The number of carbonyl (C=O) groups is 1. The molecule has 1 atom stereocenters. The van der Waals surface area contributed by atoms with Gasteiger partial charge in [0, 0.05) is 6.54 Å². The summed E-state index contributed by atoms with van der Waals surface area (Å²) in [5, 5.41) is 9.68. The van der Waals surface area contributed by atoms with Crippen molar-refractivity contribution in [3.63, 3.8) is 0 Å². The van der Waals surface area contributed by atoms with Crippen molar-refractivity contribution in [3.05, 3.63) is 60.2 Å². The van der Waals surface area contributed by atoms with Crippen molar-refractivity contribution in [1.82, 2.24) is 4.31 Å². The number of rotatable bonds is 10. The lowest BCUT2D eigenvalue weighted by Crippen LogP contribution is -2.47. The molecule has 0 bridgehead atoms. The van der Waals surface area contributed by atoms with Gasteiger partial charge in [0.25, 0.3) is 0 Å². The molecule has 0 amide bonds. The third-order valence-corrected chi connectivity index (χ3v) is 5.99. The van der Waals surface area contributed by atoms with Crippen LogP contribution in [0.15, 0.2) is 59.5 Å². The van der Waals surface area contributed by atoms with Crippen LogP contribution in [-0.4, -0.2) is 43.1 Å². The lowest BCUT2D eigenvalue weighted by Gasteiger charge is -2.30. The zero-order valence-corrected chi connectivity index (χ0v) is 16.6. The Morgan fingerprint density at radius 1 is 1.11 bits per heavy atom. The van der Waals surface area contributed by atoms with E-state index in [1.54, 1.807) is 44.2 Å². The predicted molar refractivity (Wildman–Crippen MR) is 103 cm³/mol. The van der Waals surface area contributed by atoms with Crippen LogP contribution in [0.3, 0.4) is 0 Å². The van der Waals surface area contributed by atoms with Crippen LogP contribution in [0.4, 0.5) is 4.39 Å². The first-order chi connectivity index (χ1) is 13.3. The average molecular weight is 409 g/mol. The van der Waals surface area contributed by atoms with Crippen LogP contribution in [0, 0.1) is 5.92 Å². The summed E-state index contributed by atoms with van der Waals surface area (Å²) in [5.41, 5.74) is 0.681. The summed E-state index contributed by atoms with van der Waals surface area (Å²) in [4.78, 5) is 11.8. The summed E-state index contributed by atoms with van der Waals surface area (Å²) in [5.74, 6) is -1.31. The van der Waals surface area contributed by atoms with Crippen molar-refractivity contribution in [2.24, 2.45) is 5.92 Å². The number of benzene rings is 2. The van der Waals surface area contributed by atoms with Gasteiger partial charge in [-0.05, 0) is 35.7 Å². The largest absolute Gasteiger partial charge is 0.491 e. The summed E-state index contributed by atoms with van der Waals surface area (Å²) >= 11 is 0. The molecule has 0 fully saturated rings. The lowest BCUT2D eigenvalue weighted by atomic mass is 10.0. The first-order valence-electron chi connectivity index (χ1n) is 8.84. The minimum absolute atomic E-state index is 0.0528. The van der Waals surface area contributed by atoms with Crippen LogP contribution in [0.5, 0.6) is 5.75 Å². The van der Waals surface area contributed by atoms with Crippen molar-refractivity contribution >= 4 is 16.0 Å². The smallest absolute Gasteiger partial charge is 0.322 e. The van der Waals surface area contributed by atoms with E-state index in [0.717, 1.165) is 4.31 Å². The van der Waals surface area contributed by atoms with E-state index in [2.05, 4.69) is 0 Å². The van der Waals surface area contributed by atoms with Gasteiger partial charge in [-0.15, -0.1) is 0 Å². The van der Waals surface area contributed by atoms with E-state index in [4.69, 9.17) is 4.74 Å². The second kappa shape index (κ2) is 9.66. The Balaban J connectivity index is 2.43. The maximum absolute atomic E-state index is 13.3. The first-order valence-corrected chi connectivity index (χ1v) is 10.3. The molecule has 1 N–H and O–H groups in total. The highest BCUT2D eigenvalue weighted by molar-refractivity contribution is 7.89. The van der Waals surface area contributed by atoms with Crippen LogP contribution < -0.4 is 4.74 Å². The van der Waals surface area contributed by atoms with E-state index in [-0.39, 0.29) is 18.0 Å². The number of ether oxygens (including phenoxy) is 1. The molecule has 0 aliphatic heterocycles. The molecule has 2 rings (SSSR count). The van der Waals surface area contributed by atoms with Crippen molar-refractivity contribution in [2.75, 3.05) is 13.3 Å². The highest BCUT2D eigenvalue weighted by atomic mass is 32.2. The molecule has 8 heteroatoms. The van der Waals surface area contributed by atoms with E-state index in [1.807, 2.05) is 0 Å². The Labute approximate surface area is 164 Å². The Kier molecular flexibility index (Phi) is 7.53. The van der Waals surface area contributed by atoms with E-state index in [0.29, 0.717) is 11.3 Å². The number of hydrogen-bond donors (Lipinski definition) is 1. The molecule has 0 heterocycles. The van der Waals surface area contributed by atoms with Crippen LogP contribution in [0.1, 0.15) is 19.4 Å². The predicted octanol–water partition coefficient (Wildman–Crippen LogP) is 3.34. The summed E-state index contributed by atoms with van der Waals surface area (Å²) in [7, 11) is -4.10. The van der Waals surface area contributed by atoms with Gasteiger partial charge in [0.05, 0.1) is 4.90 Å². The topological polar surface area (TPSA) is 83.9 Å². The molecule has 0 saturated heterocycles. The molecule has 2 aromatic rings.